The summed E-state index contributed by atoms with van der Waals surface area (Å²) in [6.45, 7) is 5.07. The highest BCUT2D eigenvalue weighted by molar-refractivity contribution is 5.23. The van der Waals surface area contributed by atoms with Crippen molar-refractivity contribution >= 4 is 0 Å². The average molecular weight is 164 g/mol. The van der Waals surface area contributed by atoms with Gasteiger partial charge in [0, 0.05) is 13.0 Å². The molecule has 0 unspecified atom stereocenters. The SMILES string of the molecule is COC[C@H](C)c1ccc(C)cc1. The maximum Gasteiger partial charge on any atom is 0.0528 e. The van der Waals surface area contributed by atoms with Crippen molar-refractivity contribution in [2.75, 3.05) is 13.7 Å². The first kappa shape index (κ1) is 9.27. The Hall–Kier alpha value is -0.820. The van der Waals surface area contributed by atoms with Gasteiger partial charge in [-0.15, -0.1) is 0 Å². The zero-order valence-electron chi connectivity index (χ0n) is 8.00. The van der Waals surface area contributed by atoms with Crippen LogP contribution >= 0.6 is 0 Å². The summed E-state index contributed by atoms with van der Waals surface area (Å²) in [6, 6.07) is 8.61. The van der Waals surface area contributed by atoms with Gasteiger partial charge >= 0.3 is 0 Å². The van der Waals surface area contributed by atoms with E-state index in [1.54, 1.807) is 7.11 Å². The number of benzene rings is 1. The molecule has 0 spiro atoms. The standard InChI is InChI=1S/C11H16O/c1-9-4-6-11(7-5-9)10(2)8-12-3/h4-7,10H,8H2,1-3H3/t10-/m0/s1. The van der Waals surface area contributed by atoms with E-state index in [2.05, 4.69) is 38.1 Å². The molecule has 0 saturated carbocycles. The van der Waals surface area contributed by atoms with Gasteiger partial charge in [0.25, 0.3) is 0 Å². The second-order valence-corrected chi connectivity index (χ2v) is 3.27. The van der Waals surface area contributed by atoms with Crippen molar-refractivity contribution in [1.29, 1.82) is 0 Å². The fourth-order valence-electron chi connectivity index (χ4n) is 1.24. The van der Waals surface area contributed by atoms with Crippen molar-refractivity contribution in [3.63, 3.8) is 0 Å². The first-order valence-corrected chi connectivity index (χ1v) is 4.29. The molecule has 66 valence electrons. The Labute approximate surface area is 74.4 Å². The molecule has 1 heteroatoms. The Balaban J connectivity index is 2.68. The molecule has 0 aliphatic rings. The molecule has 1 aromatic rings. The fourth-order valence-corrected chi connectivity index (χ4v) is 1.24. The Morgan fingerprint density at radius 3 is 2.33 bits per heavy atom. The maximum absolute atomic E-state index is 5.09. The largest absolute Gasteiger partial charge is 0.384 e. The van der Waals surface area contributed by atoms with E-state index >= 15 is 0 Å². The Morgan fingerprint density at radius 2 is 1.83 bits per heavy atom. The van der Waals surface area contributed by atoms with Crippen molar-refractivity contribution in [2.24, 2.45) is 0 Å². The molecule has 0 saturated heterocycles. The average Bonchev–Trinajstić information content (AvgIpc) is 2.06. The van der Waals surface area contributed by atoms with Crippen LogP contribution in [0.5, 0.6) is 0 Å². The van der Waals surface area contributed by atoms with Gasteiger partial charge in [0.1, 0.15) is 0 Å². The van der Waals surface area contributed by atoms with E-state index in [1.165, 1.54) is 11.1 Å². The highest BCUT2D eigenvalue weighted by Gasteiger charge is 2.02. The quantitative estimate of drug-likeness (QED) is 0.667. The van der Waals surface area contributed by atoms with Crippen molar-refractivity contribution in [1.82, 2.24) is 0 Å². The third kappa shape index (κ3) is 2.35. The fraction of sp³-hybridized carbons (Fsp3) is 0.455. The normalized spacial score (nSPS) is 12.9. The molecule has 12 heavy (non-hydrogen) atoms. The van der Waals surface area contributed by atoms with Crippen LogP contribution in [0.2, 0.25) is 0 Å². The van der Waals surface area contributed by atoms with E-state index in [-0.39, 0.29) is 0 Å². The number of rotatable bonds is 3. The molecule has 0 bridgehead atoms. The summed E-state index contributed by atoms with van der Waals surface area (Å²) in [4.78, 5) is 0. The van der Waals surface area contributed by atoms with E-state index in [4.69, 9.17) is 4.74 Å². The van der Waals surface area contributed by atoms with Crippen LogP contribution in [0, 0.1) is 6.92 Å². The minimum Gasteiger partial charge on any atom is -0.384 e. The van der Waals surface area contributed by atoms with Crippen molar-refractivity contribution in [3.05, 3.63) is 35.4 Å². The molecular formula is C11H16O. The molecule has 0 heterocycles. The van der Waals surface area contributed by atoms with Crippen LogP contribution in [-0.4, -0.2) is 13.7 Å². The zero-order valence-corrected chi connectivity index (χ0v) is 8.00. The first-order chi connectivity index (χ1) is 5.74. The third-order valence-corrected chi connectivity index (χ3v) is 2.06. The molecule has 0 aliphatic carbocycles. The maximum atomic E-state index is 5.09. The Morgan fingerprint density at radius 1 is 1.25 bits per heavy atom. The van der Waals surface area contributed by atoms with Crippen LogP contribution in [0.4, 0.5) is 0 Å². The summed E-state index contributed by atoms with van der Waals surface area (Å²) in [5.74, 6) is 0.496. The van der Waals surface area contributed by atoms with Gasteiger partial charge < -0.3 is 4.74 Å². The van der Waals surface area contributed by atoms with E-state index in [0.29, 0.717) is 5.92 Å². The summed E-state index contributed by atoms with van der Waals surface area (Å²) >= 11 is 0. The minimum atomic E-state index is 0.496. The molecule has 1 aromatic carbocycles. The molecular weight excluding hydrogens is 148 g/mol. The highest BCUT2D eigenvalue weighted by Crippen LogP contribution is 2.15. The van der Waals surface area contributed by atoms with Gasteiger partial charge in [-0.05, 0) is 12.5 Å². The Kier molecular flexibility index (Phi) is 3.30. The molecule has 0 aromatic heterocycles. The first-order valence-electron chi connectivity index (χ1n) is 4.29. The summed E-state index contributed by atoms with van der Waals surface area (Å²) in [7, 11) is 1.74. The van der Waals surface area contributed by atoms with Gasteiger partial charge in [-0.25, -0.2) is 0 Å². The molecule has 0 N–H and O–H groups in total. The third-order valence-electron chi connectivity index (χ3n) is 2.06. The van der Waals surface area contributed by atoms with E-state index < -0.39 is 0 Å². The second-order valence-electron chi connectivity index (χ2n) is 3.27. The predicted molar refractivity (Wildman–Crippen MR) is 51.5 cm³/mol. The van der Waals surface area contributed by atoms with Gasteiger partial charge in [-0.3, -0.25) is 0 Å². The van der Waals surface area contributed by atoms with Crippen LogP contribution in [-0.2, 0) is 4.74 Å². The van der Waals surface area contributed by atoms with Crippen LogP contribution in [0.3, 0.4) is 0 Å². The summed E-state index contributed by atoms with van der Waals surface area (Å²) in [5.41, 5.74) is 2.66. The predicted octanol–water partition coefficient (Wildman–Crippen LogP) is 2.74. The van der Waals surface area contributed by atoms with Crippen LogP contribution in [0.25, 0.3) is 0 Å². The zero-order chi connectivity index (χ0) is 8.97. The van der Waals surface area contributed by atoms with Gasteiger partial charge in [0.05, 0.1) is 6.61 Å². The van der Waals surface area contributed by atoms with Crippen LogP contribution in [0.1, 0.15) is 24.0 Å². The van der Waals surface area contributed by atoms with E-state index in [1.807, 2.05) is 0 Å². The van der Waals surface area contributed by atoms with Gasteiger partial charge in [-0.1, -0.05) is 36.8 Å². The number of hydrogen-bond donors (Lipinski definition) is 0. The van der Waals surface area contributed by atoms with Crippen molar-refractivity contribution in [3.8, 4) is 0 Å². The van der Waals surface area contributed by atoms with Crippen LogP contribution in [0.15, 0.2) is 24.3 Å². The number of methoxy groups -OCH3 is 1. The highest BCUT2D eigenvalue weighted by atomic mass is 16.5. The smallest absolute Gasteiger partial charge is 0.0528 e. The molecule has 0 amide bonds. The molecule has 1 nitrogen and oxygen atoms in total. The topological polar surface area (TPSA) is 9.23 Å². The number of hydrogen-bond acceptors (Lipinski definition) is 1. The molecule has 0 fully saturated rings. The number of ether oxygens (including phenoxy) is 1. The van der Waals surface area contributed by atoms with E-state index in [9.17, 15) is 0 Å². The molecule has 1 atom stereocenters. The minimum absolute atomic E-state index is 0.496. The van der Waals surface area contributed by atoms with Crippen molar-refractivity contribution in [2.45, 2.75) is 19.8 Å². The molecule has 0 radical (unpaired) electrons. The summed E-state index contributed by atoms with van der Waals surface area (Å²) in [5, 5.41) is 0. The lowest BCUT2D eigenvalue weighted by molar-refractivity contribution is 0.184. The number of aryl methyl sites for hydroxylation is 1. The Bertz CT molecular complexity index is 225. The van der Waals surface area contributed by atoms with Gasteiger partial charge in [0.15, 0.2) is 0 Å². The van der Waals surface area contributed by atoms with Crippen molar-refractivity contribution < 1.29 is 4.74 Å². The molecule has 0 aliphatic heterocycles. The summed E-state index contributed by atoms with van der Waals surface area (Å²) in [6.07, 6.45) is 0. The lowest BCUT2D eigenvalue weighted by atomic mass is 10.0. The monoisotopic (exact) mass is 164 g/mol. The lowest BCUT2D eigenvalue weighted by Gasteiger charge is -2.10. The lowest BCUT2D eigenvalue weighted by Crippen LogP contribution is -2.01. The van der Waals surface area contributed by atoms with E-state index in [0.717, 1.165) is 6.61 Å². The summed E-state index contributed by atoms with van der Waals surface area (Å²) < 4.78 is 5.09. The van der Waals surface area contributed by atoms with Crippen LogP contribution < -0.4 is 0 Å². The van der Waals surface area contributed by atoms with Gasteiger partial charge in [0.2, 0.25) is 0 Å². The molecule has 1 rings (SSSR count). The second kappa shape index (κ2) is 4.27. The van der Waals surface area contributed by atoms with Gasteiger partial charge in [-0.2, -0.15) is 0 Å².